The van der Waals surface area contributed by atoms with Crippen molar-refractivity contribution in [2.75, 3.05) is 0 Å². The number of imidazole rings is 2. The van der Waals surface area contributed by atoms with Crippen molar-refractivity contribution in [3.63, 3.8) is 0 Å². The van der Waals surface area contributed by atoms with Gasteiger partial charge in [-0.05, 0) is 31.5 Å². The highest BCUT2D eigenvalue weighted by Crippen LogP contribution is 2.25. The van der Waals surface area contributed by atoms with E-state index in [9.17, 15) is 14.0 Å². The third-order valence-electron chi connectivity index (χ3n) is 6.01. The molecule has 8 heteroatoms. The maximum absolute atomic E-state index is 14.6. The number of allylic oxidation sites excluding steroid dienone is 1. The van der Waals surface area contributed by atoms with E-state index in [2.05, 4.69) is 4.98 Å². The Bertz CT molecular complexity index is 1670. The maximum Gasteiger partial charge on any atom is 0.332 e. The van der Waals surface area contributed by atoms with Crippen LogP contribution in [0, 0.1) is 19.7 Å². The van der Waals surface area contributed by atoms with Gasteiger partial charge in [-0.25, -0.2) is 9.18 Å². The Kier molecular flexibility index (Phi) is 4.85. The number of aryl methyl sites for hydroxylation is 2. The van der Waals surface area contributed by atoms with E-state index < -0.39 is 17.1 Å². The zero-order valence-corrected chi connectivity index (χ0v) is 18.5. The molecule has 0 spiro atoms. The van der Waals surface area contributed by atoms with Gasteiger partial charge in [0, 0.05) is 25.0 Å². The summed E-state index contributed by atoms with van der Waals surface area (Å²) in [7, 11) is 1.59. The minimum atomic E-state index is -0.460. The molecular weight excluding hydrogens is 421 g/mol. The number of hydrogen-bond donors (Lipinski definition) is 0. The summed E-state index contributed by atoms with van der Waals surface area (Å²) in [6, 6.07) is 16.1. The van der Waals surface area contributed by atoms with Gasteiger partial charge in [0.1, 0.15) is 5.82 Å². The molecule has 5 aromatic rings. The first-order chi connectivity index (χ1) is 15.9. The Morgan fingerprint density at radius 1 is 0.970 bits per heavy atom. The highest BCUT2D eigenvalue weighted by atomic mass is 19.1. The van der Waals surface area contributed by atoms with Crippen LogP contribution >= 0.6 is 0 Å². The Hall–Kier alpha value is -4.20. The van der Waals surface area contributed by atoms with E-state index >= 15 is 0 Å². The lowest BCUT2D eigenvalue weighted by atomic mass is 10.2. The molecule has 0 fully saturated rings. The van der Waals surface area contributed by atoms with Gasteiger partial charge in [0.15, 0.2) is 11.2 Å². The molecule has 0 N–H and O–H groups in total. The lowest BCUT2D eigenvalue weighted by Crippen LogP contribution is -2.39. The molecule has 0 saturated heterocycles. The molecule has 0 aliphatic carbocycles. The van der Waals surface area contributed by atoms with E-state index in [0.29, 0.717) is 11.5 Å². The number of benzene rings is 2. The van der Waals surface area contributed by atoms with Crippen molar-refractivity contribution >= 4 is 23.0 Å². The summed E-state index contributed by atoms with van der Waals surface area (Å²) in [5, 5.41) is 0. The topological polar surface area (TPSA) is 66.2 Å². The van der Waals surface area contributed by atoms with Crippen LogP contribution in [0.25, 0.3) is 28.7 Å². The highest BCUT2D eigenvalue weighted by molar-refractivity contribution is 5.77. The lowest BCUT2D eigenvalue weighted by Gasteiger charge is -2.08. The first kappa shape index (κ1) is 20.7. The predicted molar refractivity (Wildman–Crippen MR) is 126 cm³/mol. The molecule has 5 rings (SSSR count). The van der Waals surface area contributed by atoms with Gasteiger partial charge < -0.3 is 0 Å². The largest absolute Gasteiger partial charge is 0.332 e. The van der Waals surface area contributed by atoms with Crippen molar-refractivity contribution in [3.05, 3.63) is 104 Å². The van der Waals surface area contributed by atoms with Crippen LogP contribution in [-0.2, 0) is 13.6 Å². The smallest absolute Gasteiger partial charge is 0.280 e. The van der Waals surface area contributed by atoms with E-state index in [1.54, 1.807) is 40.3 Å². The van der Waals surface area contributed by atoms with Crippen LogP contribution < -0.4 is 11.2 Å². The molecule has 3 heterocycles. The van der Waals surface area contributed by atoms with Gasteiger partial charge in [-0.15, -0.1) is 0 Å². The van der Waals surface area contributed by atoms with Gasteiger partial charge in [0.05, 0.1) is 5.69 Å². The summed E-state index contributed by atoms with van der Waals surface area (Å²) < 4.78 is 20.6. The number of para-hydroxylation sites is 1. The van der Waals surface area contributed by atoms with Crippen LogP contribution in [0.15, 0.2) is 70.3 Å². The SMILES string of the molecule is Cc1c(C)n2c3c(=O)n(C/C=C\c4ccccc4)c(=O)n(C)c3nc2n1-c1ccccc1F. The maximum atomic E-state index is 14.6. The number of nitrogens with zero attached hydrogens (tertiary/aromatic N) is 5. The summed E-state index contributed by atoms with van der Waals surface area (Å²) in [5.41, 5.74) is 2.46. The Morgan fingerprint density at radius 3 is 2.39 bits per heavy atom. The summed E-state index contributed by atoms with van der Waals surface area (Å²) >= 11 is 0. The van der Waals surface area contributed by atoms with Crippen molar-refractivity contribution in [2.45, 2.75) is 20.4 Å². The quantitative estimate of drug-likeness (QED) is 0.426. The first-order valence-electron chi connectivity index (χ1n) is 10.6. The molecule has 0 atom stereocenters. The van der Waals surface area contributed by atoms with Crippen LogP contribution in [-0.4, -0.2) is 23.1 Å². The zero-order chi connectivity index (χ0) is 23.3. The third-order valence-corrected chi connectivity index (χ3v) is 6.01. The molecule has 0 aliphatic rings. The van der Waals surface area contributed by atoms with E-state index in [1.165, 1.54) is 15.2 Å². The van der Waals surface area contributed by atoms with E-state index in [-0.39, 0.29) is 17.7 Å². The van der Waals surface area contributed by atoms with Gasteiger partial charge in [-0.3, -0.25) is 22.9 Å². The van der Waals surface area contributed by atoms with Crippen LogP contribution in [0.2, 0.25) is 0 Å². The van der Waals surface area contributed by atoms with Gasteiger partial charge in [0.25, 0.3) is 5.56 Å². The minimum absolute atomic E-state index is 0.121. The van der Waals surface area contributed by atoms with Gasteiger partial charge in [0.2, 0.25) is 5.78 Å². The fourth-order valence-electron chi connectivity index (χ4n) is 4.19. The van der Waals surface area contributed by atoms with E-state index in [4.69, 9.17) is 0 Å². The van der Waals surface area contributed by atoms with Crippen molar-refractivity contribution in [2.24, 2.45) is 7.05 Å². The van der Waals surface area contributed by atoms with E-state index in [0.717, 1.165) is 17.0 Å². The second-order valence-corrected chi connectivity index (χ2v) is 7.95. The number of halogens is 1. The lowest BCUT2D eigenvalue weighted by molar-refractivity contribution is 0.618. The predicted octanol–water partition coefficient (Wildman–Crippen LogP) is 3.61. The van der Waals surface area contributed by atoms with Crippen molar-refractivity contribution in [1.29, 1.82) is 0 Å². The standard InChI is InChI=1S/C25H22FN5O2/c1-16-17(2)31-21-22(27-24(31)30(16)20-14-8-7-13-19(20)26)28(3)25(33)29(23(21)32)15-9-12-18-10-5-4-6-11-18/h4-14H,15H2,1-3H3/b12-9-. The molecule has 0 amide bonds. The molecule has 0 aliphatic heterocycles. The molecular formula is C25H22FN5O2. The summed E-state index contributed by atoms with van der Waals surface area (Å²) in [6.45, 7) is 3.83. The highest BCUT2D eigenvalue weighted by Gasteiger charge is 2.23. The van der Waals surface area contributed by atoms with Crippen LogP contribution in [0.1, 0.15) is 17.0 Å². The second kappa shape index (κ2) is 7.74. The Labute approximate surface area is 188 Å². The average Bonchev–Trinajstić information content (AvgIpc) is 3.31. The summed E-state index contributed by atoms with van der Waals surface area (Å²) in [6.07, 6.45) is 3.65. The fraction of sp³-hybridized carbons (Fsp3) is 0.160. The Balaban J connectivity index is 1.75. The van der Waals surface area contributed by atoms with Gasteiger partial charge in [-0.2, -0.15) is 4.98 Å². The van der Waals surface area contributed by atoms with Gasteiger partial charge in [-0.1, -0.05) is 54.6 Å². The van der Waals surface area contributed by atoms with Crippen molar-refractivity contribution in [1.82, 2.24) is 23.1 Å². The van der Waals surface area contributed by atoms with E-state index in [1.807, 2.05) is 50.3 Å². The first-order valence-corrected chi connectivity index (χ1v) is 10.6. The molecule has 2 aromatic carbocycles. The molecule has 3 aromatic heterocycles. The zero-order valence-electron chi connectivity index (χ0n) is 18.5. The number of fused-ring (bicyclic) bond motifs is 3. The molecule has 0 bridgehead atoms. The molecule has 166 valence electrons. The van der Waals surface area contributed by atoms with Gasteiger partial charge >= 0.3 is 5.69 Å². The van der Waals surface area contributed by atoms with Crippen LogP contribution in [0.4, 0.5) is 4.39 Å². The molecule has 33 heavy (non-hydrogen) atoms. The summed E-state index contributed by atoms with van der Waals surface area (Å²) in [5.74, 6) is -0.0164. The normalized spacial score (nSPS) is 11.9. The average molecular weight is 443 g/mol. The number of rotatable bonds is 4. The van der Waals surface area contributed by atoms with Crippen molar-refractivity contribution in [3.8, 4) is 5.69 Å². The minimum Gasteiger partial charge on any atom is -0.280 e. The number of aromatic nitrogens is 5. The fourth-order valence-corrected chi connectivity index (χ4v) is 4.19. The van der Waals surface area contributed by atoms with Crippen molar-refractivity contribution < 1.29 is 4.39 Å². The number of hydrogen-bond acceptors (Lipinski definition) is 3. The second-order valence-electron chi connectivity index (χ2n) is 7.95. The molecule has 0 saturated carbocycles. The van der Waals surface area contributed by atoms with Crippen LogP contribution in [0.3, 0.4) is 0 Å². The molecule has 0 unspecified atom stereocenters. The third kappa shape index (κ3) is 3.14. The van der Waals surface area contributed by atoms with Crippen LogP contribution in [0.5, 0.6) is 0 Å². The monoisotopic (exact) mass is 443 g/mol. The Morgan fingerprint density at radius 2 is 1.67 bits per heavy atom. The molecule has 0 radical (unpaired) electrons. The summed E-state index contributed by atoms with van der Waals surface area (Å²) in [4.78, 5) is 31.0. The molecule has 7 nitrogen and oxygen atoms in total.